The molecule has 1 aliphatic rings. The van der Waals surface area contributed by atoms with Crippen LogP contribution in [0.3, 0.4) is 0 Å². The minimum atomic E-state index is 0.0634. The number of aryl methyl sites for hydroxylation is 2. The van der Waals surface area contributed by atoms with Crippen molar-refractivity contribution in [1.29, 1.82) is 0 Å². The molecular formula is C17H22N4O2. The van der Waals surface area contributed by atoms with Crippen LogP contribution in [0.2, 0.25) is 0 Å². The molecule has 1 saturated heterocycles. The van der Waals surface area contributed by atoms with Crippen LogP contribution in [0.5, 0.6) is 5.75 Å². The molecule has 1 N–H and O–H groups in total. The molecule has 0 bridgehead atoms. The Morgan fingerprint density at radius 2 is 1.87 bits per heavy atom. The highest BCUT2D eigenvalue weighted by molar-refractivity contribution is 5.96. The molecule has 1 fully saturated rings. The second-order valence-corrected chi connectivity index (χ2v) is 5.76. The Labute approximate surface area is 136 Å². The number of aromatic amines is 1. The summed E-state index contributed by atoms with van der Waals surface area (Å²) in [5.74, 6) is 0.933. The number of aromatic nitrogens is 2. The third kappa shape index (κ3) is 2.88. The van der Waals surface area contributed by atoms with E-state index < -0.39 is 0 Å². The van der Waals surface area contributed by atoms with Crippen molar-refractivity contribution in [3.05, 3.63) is 41.2 Å². The summed E-state index contributed by atoms with van der Waals surface area (Å²) in [6.45, 7) is 6.73. The highest BCUT2D eigenvalue weighted by Crippen LogP contribution is 2.28. The number of benzene rings is 1. The van der Waals surface area contributed by atoms with Crippen molar-refractivity contribution in [1.82, 2.24) is 15.1 Å². The van der Waals surface area contributed by atoms with E-state index in [-0.39, 0.29) is 5.91 Å². The van der Waals surface area contributed by atoms with E-state index in [1.807, 2.05) is 36.9 Å². The number of methoxy groups -OCH3 is 1. The fourth-order valence-electron chi connectivity index (χ4n) is 3.07. The molecule has 1 aromatic heterocycles. The molecule has 122 valence electrons. The molecule has 0 unspecified atom stereocenters. The maximum absolute atomic E-state index is 12.7. The number of carbonyl (C=O) groups excluding carboxylic acids is 1. The molecule has 1 amide bonds. The molecule has 1 aliphatic heterocycles. The minimum absolute atomic E-state index is 0.0634. The Morgan fingerprint density at radius 3 is 2.48 bits per heavy atom. The molecule has 0 atom stereocenters. The van der Waals surface area contributed by atoms with Gasteiger partial charge in [-0.25, -0.2) is 0 Å². The van der Waals surface area contributed by atoms with Crippen LogP contribution in [0.15, 0.2) is 24.3 Å². The van der Waals surface area contributed by atoms with Crippen LogP contribution in [0.1, 0.15) is 21.7 Å². The van der Waals surface area contributed by atoms with E-state index in [4.69, 9.17) is 4.74 Å². The topological polar surface area (TPSA) is 61.5 Å². The van der Waals surface area contributed by atoms with Gasteiger partial charge in [0.2, 0.25) is 0 Å². The predicted octanol–water partition coefficient (Wildman–Crippen LogP) is 2.00. The number of nitrogens with zero attached hydrogens (tertiary/aromatic N) is 3. The third-order valence-corrected chi connectivity index (χ3v) is 4.33. The molecule has 0 aliphatic carbocycles. The summed E-state index contributed by atoms with van der Waals surface area (Å²) in [6.07, 6.45) is 0. The van der Waals surface area contributed by atoms with Crippen LogP contribution < -0.4 is 9.64 Å². The van der Waals surface area contributed by atoms with E-state index in [9.17, 15) is 4.79 Å². The normalized spacial score (nSPS) is 14.9. The van der Waals surface area contributed by atoms with Gasteiger partial charge in [-0.3, -0.25) is 9.89 Å². The largest absolute Gasteiger partial charge is 0.495 e. The zero-order valence-electron chi connectivity index (χ0n) is 13.8. The van der Waals surface area contributed by atoms with Crippen LogP contribution in [-0.2, 0) is 0 Å². The lowest BCUT2D eigenvalue weighted by molar-refractivity contribution is 0.0745. The van der Waals surface area contributed by atoms with Crippen molar-refractivity contribution in [2.45, 2.75) is 13.8 Å². The first-order valence-corrected chi connectivity index (χ1v) is 7.80. The number of para-hydroxylation sites is 2. The number of H-pyrrole nitrogens is 1. The van der Waals surface area contributed by atoms with Crippen molar-refractivity contribution in [2.75, 3.05) is 38.2 Å². The zero-order chi connectivity index (χ0) is 16.4. The number of nitrogens with one attached hydrogen (secondary N) is 1. The van der Waals surface area contributed by atoms with Crippen molar-refractivity contribution in [3.8, 4) is 5.75 Å². The van der Waals surface area contributed by atoms with Gasteiger partial charge in [-0.2, -0.15) is 5.10 Å². The molecule has 23 heavy (non-hydrogen) atoms. The maximum atomic E-state index is 12.7. The number of rotatable bonds is 3. The van der Waals surface area contributed by atoms with Gasteiger partial charge in [0, 0.05) is 31.9 Å². The van der Waals surface area contributed by atoms with Gasteiger partial charge in [-0.1, -0.05) is 12.1 Å². The number of anilines is 1. The number of amides is 1. The highest BCUT2D eigenvalue weighted by atomic mass is 16.5. The fraction of sp³-hybridized carbons (Fsp3) is 0.412. The van der Waals surface area contributed by atoms with Gasteiger partial charge in [-0.05, 0) is 26.0 Å². The zero-order valence-corrected chi connectivity index (χ0v) is 13.8. The minimum Gasteiger partial charge on any atom is -0.495 e. The van der Waals surface area contributed by atoms with Crippen LogP contribution in [0.4, 0.5) is 5.69 Å². The van der Waals surface area contributed by atoms with Crippen LogP contribution >= 0.6 is 0 Å². The number of piperazine rings is 1. The van der Waals surface area contributed by atoms with Gasteiger partial charge in [0.25, 0.3) is 5.91 Å². The number of ether oxygens (including phenoxy) is 1. The number of hydrogen-bond donors (Lipinski definition) is 1. The molecular weight excluding hydrogens is 292 g/mol. The molecule has 2 heterocycles. The highest BCUT2D eigenvalue weighted by Gasteiger charge is 2.26. The molecule has 6 nitrogen and oxygen atoms in total. The van der Waals surface area contributed by atoms with Gasteiger partial charge >= 0.3 is 0 Å². The van der Waals surface area contributed by atoms with Gasteiger partial charge in [-0.15, -0.1) is 0 Å². The number of hydrogen-bond acceptors (Lipinski definition) is 4. The third-order valence-electron chi connectivity index (χ3n) is 4.33. The lowest BCUT2D eigenvalue weighted by Crippen LogP contribution is -2.49. The first-order valence-electron chi connectivity index (χ1n) is 7.80. The monoisotopic (exact) mass is 314 g/mol. The SMILES string of the molecule is COc1ccccc1N1CCN(C(=O)c2c(C)n[nH]c2C)CC1. The number of carbonyl (C=O) groups is 1. The van der Waals surface area contributed by atoms with Crippen molar-refractivity contribution < 1.29 is 9.53 Å². The second-order valence-electron chi connectivity index (χ2n) is 5.76. The summed E-state index contributed by atoms with van der Waals surface area (Å²) in [4.78, 5) is 16.9. The fourth-order valence-corrected chi connectivity index (χ4v) is 3.07. The summed E-state index contributed by atoms with van der Waals surface area (Å²) < 4.78 is 5.43. The molecule has 0 radical (unpaired) electrons. The summed E-state index contributed by atoms with van der Waals surface area (Å²) in [6, 6.07) is 7.99. The van der Waals surface area contributed by atoms with E-state index in [0.717, 1.165) is 35.9 Å². The van der Waals surface area contributed by atoms with E-state index in [1.54, 1.807) is 7.11 Å². The molecule has 3 rings (SSSR count). The van der Waals surface area contributed by atoms with Crippen LogP contribution in [0, 0.1) is 13.8 Å². The summed E-state index contributed by atoms with van der Waals surface area (Å²) >= 11 is 0. The lowest BCUT2D eigenvalue weighted by Gasteiger charge is -2.36. The van der Waals surface area contributed by atoms with Gasteiger partial charge < -0.3 is 14.5 Å². The van der Waals surface area contributed by atoms with Crippen LogP contribution in [-0.4, -0.2) is 54.3 Å². The predicted molar refractivity (Wildman–Crippen MR) is 89.2 cm³/mol. The lowest BCUT2D eigenvalue weighted by atomic mass is 10.1. The quantitative estimate of drug-likeness (QED) is 0.941. The second kappa shape index (κ2) is 6.32. The first kappa shape index (κ1) is 15.4. The Hall–Kier alpha value is -2.50. The maximum Gasteiger partial charge on any atom is 0.257 e. The Morgan fingerprint density at radius 1 is 1.17 bits per heavy atom. The Balaban J connectivity index is 1.70. The van der Waals surface area contributed by atoms with Crippen molar-refractivity contribution in [3.63, 3.8) is 0 Å². The molecule has 6 heteroatoms. The van der Waals surface area contributed by atoms with Gasteiger partial charge in [0.1, 0.15) is 5.75 Å². The molecule has 1 aromatic carbocycles. The van der Waals surface area contributed by atoms with E-state index in [0.29, 0.717) is 18.7 Å². The smallest absolute Gasteiger partial charge is 0.257 e. The summed E-state index contributed by atoms with van der Waals surface area (Å²) in [5, 5.41) is 7.00. The summed E-state index contributed by atoms with van der Waals surface area (Å²) in [5.41, 5.74) is 3.38. The summed E-state index contributed by atoms with van der Waals surface area (Å²) in [7, 11) is 1.68. The average Bonchev–Trinajstić information content (AvgIpc) is 2.93. The Kier molecular flexibility index (Phi) is 4.23. The van der Waals surface area contributed by atoms with Gasteiger partial charge in [0.15, 0.2) is 0 Å². The van der Waals surface area contributed by atoms with E-state index in [2.05, 4.69) is 21.2 Å². The first-order chi connectivity index (χ1) is 11.1. The average molecular weight is 314 g/mol. The van der Waals surface area contributed by atoms with Crippen molar-refractivity contribution in [2.24, 2.45) is 0 Å². The van der Waals surface area contributed by atoms with Crippen LogP contribution in [0.25, 0.3) is 0 Å². The van der Waals surface area contributed by atoms with Crippen molar-refractivity contribution >= 4 is 11.6 Å². The standard InChI is InChI=1S/C17H22N4O2/c1-12-16(13(2)19-18-12)17(22)21-10-8-20(9-11-21)14-6-4-5-7-15(14)23-3/h4-7H,8-11H2,1-3H3,(H,18,19). The van der Waals surface area contributed by atoms with Gasteiger partial charge in [0.05, 0.1) is 24.1 Å². The van der Waals surface area contributed by atoms with E-state index >= 15 is 0 Å². The molecule has 2 aromatic rings. The van der Waals surface area contributed by atoms with E-state index in [1.165, 1.54) is 0 Å². The molecule has 0 spiro atoms. The molecule has 0 saturated carbocycles. The Bertz CT molecular complexity index is 683.